The lowest BCUT2D eigenvalue weighted by molar-refractivity contribution is -0.167. The van der Waals surface area contributed by atoms with Crippen LogP contribution in [0.2, 0.25) is 0 Å². The Bertz CT molecular complexity index is 752. The number of fused-ring (bicyclic) bond motifs is 1. The van der Waals surface area contributed by atoms with E-state index in [1.807, 2.05) is 12.1 Å². The van der Waals surface area contributed by atoms with Gasteiger partial charge in [0.1, 0.15) is 0 Å². The zero-order chi connectivity index (χ0) is 18.3. The highest BCUT2D eigenvalue weighted by molar-refractivity contribution is 6.07. The summed E-state index contributed by atoms with van der Waals surface area (Å²) < 4.78 is 10.1. The van der Waals surface area contributed by atoms with Gasteiger partial charge in [-0.3, -0.25) is 9.78 Å². The van der Waals surface area contributed by atoms with Gasteiger partial charge in [0.05, 0.1) is 18.7 Å². The van der Waals surface area contributed by atoms with Crippen molar-refractivity contribution < 1.29 is 23.9 Å². The molecule has 0 atom stereocenters. The Labute approximate surface area is 145 Å². The molecule has 0 spiro atoms. The summed E-state index contributed by atoms with van der Waals surface area (Å²) in [4.78, 5) is 40.6. The zero-order valence-corrected chi connectivity index (χ0v) is 14.2. The second-order valence-corrected chi connectivity index (χ2v) is 5.28. The second kappa shape index (κ2) is 8.23. The molecule has 0 aliphatic carbocycles. The first-order chi connectivity index (χ1) is 12.1. The molecule has 0 saturated heterocycles. The molecule has 1 aromatic heterocycles. The number of carbonyl (C=O) groups is 3. The minimum atomic E-state index is -1.96. The highest BCUT2D eigenvalue weighted by Crippen LogP contribution is 2.23. The molecule has 132 valence electrons. The molecule has 25 heavy (non-hydrogen) atoms. The monoisotopic (exact) mass is 344 g/mol. The van der Waals surface area contributed by atoms with Crippen LogP contribution < -0.4 is 5.32 Å². The van der Waals surface area contributed by atoms with Crippen LogP contribution in [0.3, 0.4) is 0 Å². The lowest BCUT2D eigenvalue weighted by Crippen LogP contribution is -2.60. The molecule has 1 heterocycles. The third kappa shape index (κ3) is 3.76. The lowest BCUT2D eigenvalue weighted by Gasteiger charge is -2.28. The van der Waals surface area contributed by atoms with E-state index in [1.54, 1.807) is 38.2 Å². The Hall–Kier alpha value is -2.96. The maximum atomic E-state index is 12.5. The maximum Gasteiger partial charge on any atom is 0.344 e. The summed E-state index contributed by atoms with van der Waals surface area (Å²) in [6, 6.07) is 9.07. The average molecular weight is 344 g/mol. The number of esters is 2. The summed E-state index contributed by atoms with van der Waals surface area (Å²) in [5.74, 6) is -1.73. The maximum absolute atomic E-state index is 12.5. The summed E-state index contributed by atoms with van der Waals surface area (Å²) in [5.41, 5.74) is -0.705. The molecule has 7 heteroatoms. The largest absolute Gasteiger partial charge is 0.464 e. The van der Waals surface area contributed by atoms with Gasteiger partial charge in [-0.1, -0.05) is 24.3 Å². The van der Waals surface area contributed by atoms with Crippen LogP contribution in [0.25, 0.3) is 10.9 Å². The van der Waals surface area contributed by atoms with Gasteiger partial charge in [-0.15, -0.1) is 0 Å². The van der Waals surface area contributed by atoms with Crippen molar-refractivity contribution in [2.45, 2.75) is 25.8 Å². The number of amides is 1. The third-order valence-electron chi connectivity index (χ3n) is 3.73. The van der Waals surface area contributed by atoms with Crippen molar-refractivity contribution in [1.82, 2.24) is 10.3 Å². The van der Waals surface area contributed by atoms with Crippen molar-refractivity contribution in [2.24, 2.45) is 0 Å². The van der Waals surface area contributed by atoms with Crippen LogP contribution in [0.5, 0.6) is 0 Å². The van der Waals surface area contributed by atoms with Crippen LogP contribution in [0.4, 0.5) is 0 Å². The number of pyridine rings is 1. The summed E-state index contributed by atoms with van der Waals surface area (Å²) in [7, 11) is 0. The molecular formula is C18H20N2O5. The predicted molar refractivity (Wildman–Crippen MR) is 90.6 cm³/mol. The third-order valence-corrected chi connectivity index (χ3v) is 3.73. The molecule has 0 bridgehead atoms. The number of hydrogen-bond acceptors (Lipinski definition) is 6. The van der Waals surface area contributed by atoms with Crippen LogP contribution in [0, 0.1) is 0 Å². The van der Waals surface area contributed by atoms with Gasteiger partial charge in [-0.2, -0.15) is 0 Å². The van der Waals surface area contributed by atoms with Crippen molar-refractivity contribution in [3.8, 4) is 0 Å². The normalized spacial score (nSPS) is 11.0. The number of rotatable bonds is 8. The minimum Gasteiger partial charge on any atom is -0.464 e. The van der Waals surface area contributed by atoms with Crippen molar-refractivity contribution in [1.29, 1.82) is 0 Å². The standard InChI is InChI=1S/C18H20N2O5/c1-3-24-16(22)18(20-12-21,17(23)25-4-2)11-14-8-5-7-13-9-6-10-19-15(13)14/h5-10,12H,3-4,11H2,1-2H3,(H,20,21). The van der Waals surface area contributed by atoms with Gasteiger partial charge in [-0.05, 0) is 25.5 Å². The minimum absolute atomic E-state index is 0.0638. The lowest BCUT2D eigenvalue weighted by atomic mass is 9.89. The molecule has 2 aromatic rings. The second-order valence-electron chi connectivity index (χ2n) is 5.28. The molecule has 1 aromatic carbocycles. The molecule has 2 rings (SSSR count). The molecule has 0 aliphatic heterocycles. The van der Waals surface area contributed by atoms with Gasteiger partial charge in [0.25, 0.3) is 0 Å². The molecule has 0 saturated carbocycles. The Morgan fingerprint density at radius 1 is 1.12 bits per heavy atom. The Balaban J connectivity index is 2.55. The predicted octanol–water partition coefficient (Wildman–Crippen LogP) is 1.39. The average Bonchev–Trinajstić information content (AvgIpc) is 2.62. The van der Waals surface area contributed by atoms with Crippen molar-refractivity contribution in [3.05, 3.63) is 42.1 Å². The summed E-state index contributed by atoms with van der Waals surface area (Å²) >= 11 is 0. The number of nitrogens with one attached hydrogen (secondary N) is 1. The van der Waals surface area contributed by atoms with E-state index in [0.717, 1.165) is 5.39 Å². The number of nitrogens with zero attached hydrogens (tertiary/aromatic N) is 1. The molecule has 0 unspecified atom stereocenters. The smallest absolute Gasteiger partial charge is 0.344 e. The topological polar surface area (TPSA) is 94.6 Å². The first-order valence-corrected chi connectivity index (χ1v) is 7.97. The number of carbonyl (C=O) groups excluding carboxylic acids is 3. The van der Waals surface area contributed by atoms with Gasteiger partial charge in [-0.25, -0.2) is 9.59 Å². The molecule has 0 aliphatic rings. The van der Waals surface area contributed by atoms with E-state index in [-0.39, 0.29) is 19.6 Å². The summed E-state index contributed by atoms with van der Waals surface area (Å²) in [5, 5.41) is 3.18. The van der Waals surface area contributed by atoms with Crippen molar-refractivity contribution >= 4 is 29.3 Å². The number of benzene rings is 1. The Kier molecular flexibility index (Phi) is 6.05. The highest BCUT2D eigenvalue weighted by atomic mass is 16.6. The van der Waals surface area contributed by atoms with Gasteiger partial charge in [0.2, 0.25) is 11.9 Å². The molecule has 1 amide bonds. The van der Waals surface area contributed by atoms with Crippen molar-refractivity contribution in [3.63, 3.8) is 0 Å². The van der Waals surface area contributed by atoms with E-state index in [0.29, 0.717) is 17.5 Å². The van der Waals surface area contributed by atoms with Gasteiger partial charge >= 0.3 is 11.9 Å². The molecule has 0 radical (unpaired) electrons. The van der Waals surface area contributed by atoms with Gasteiger partial charge in [0.15, 0.2) is 0 Å². The van der Waals surface area contributed by atoms with Gasteiger partial charge in [0, 0.05) is 18.0 Å². The number of ether oxygens (including phenoxy) is 2. The Morgan fingerprint density at radius 2 is 1.76 bits per heavy atom. The van der Waals surface area contributed by atoms with Crippen LogP contribution in [-0.2, 0) is 30.3 Å². The first-order valence-electron chi connectivity index (χ1n) is 7.97. The fourth-order valence-electron chi connectivity index (χ4n) is 2.60. The van der Waals surface area contributed by atoms with E-state index >= 15 is 0 Å². The number of para-hydroxylation sites is 1. The van der Waals surface area contributed by atoms with E-state index in [9.17, 15) is 14.4 Å². The number of hydrogen-bond donors (Lipinski definition) is 1. The zero-order valence-electron chi connectivity index (χ0n) is 14.2. The number of aromatic nitrogens is 1. The first kappa shape index (κ1) is 18.4. The van der Waals surface area contributed by atoms with E-state index in [4.69, 9.17) is 9.47 Å². The fraction of sp³-hybridized carbons (Fsp3) is 0.333. The van der Waals surface area contributed by atoms with Crippen LogP contribution in [0.15, 0.2) is 36.5 Å². The SMILES string of the molecule is CCOC(=O)C(Cc1cccc2cccnc12)(NC=O)C(=O)OCC. The fourth-order valence-corrected chi connectivity index (χ4v) is 2.60. The highest BCUT2D eigenvalue weighted by Gasteiger charge is 2.49. The quantitative estimate of drug-likeness (QED) is 0.442. The van der Waals surface area contributed by atoms with E-state index < -0.39 is 17.5 Å². The van der Waals surface area contributed by atoms with Crippen LogP contribution >= 0.6 is 0 Å². The Morgan fingerprint density at radius 3 is 2.36 bits per heavy atom. The van der Waals surface area contributed by atoms with Crippen molar-refractivity contribution in [2.75, 3.05) is 13.2 Å². The molecule has 0 fully saturated rings. The molecule has 1 N–H and O–H groups in total. The van der Waals surface area contributed by atoms with Crippen LogP contribution in [0.1, 0.15) is 19.4 Å². The summed E-state index contributed by atoms with van der Waals surface area (Å²) in [6.45, 7) is 3.37. The van der Waals surface area contributed by atoms with Gasteiger partial charge < -0.3 is 14.8 Å². The van der Waals surface area contributed by atoms with Crippen LogP contribution in [-0.4, -0.2) is 42.1 Å². The summed E-state index contributed by atoms with van der Waals surface area (Å²) in [6.07, 6.45) is 1.79. The molecule has 7 nitrogen and oxygen atoms in total. The molecular weight excluding hydrogens is 324 g/mol. The van der Waals surface area contributed by atoms with E-state index in [1.165, 1.54) is 0 Å². The van der Waals surface area contributed by atoms with E-state index in [2.05, 4.69) is 10.3 Å².